The number of aliphatic hydroxyl groups excluding tert-OH is 3. The normalized spacial score (nSPS) is 20.1. The van der Waals surface area contributed by atoms with Gasteiger partial charge in [0.15, 0.2) is 0 Å². The first-order chi connectivity index (χ1) is 4.59. The second kappa shape index (κ2) is 4.59. The van der Waals surface area contributed by atoms with Crippen molar-refractivity contribution in [3.63, 3.8) is 0 Å². The summed E-state index contributed by atoms with van der Waals surface area (Å²) in [4.78, 5) is 0. The molecule has 0 aromatic carbocycles. The largest absolute Gasteiger partial charge is 0.396 e. The minimum absolute atomic E-state index is 0.134. The molecule has 0 fully saturated rings. The summed E-state index contributed by atoms with van der Waals surface area (Å²) in [6.07, 6.45) is -2.04. The predicted molar refractivity (Wildman–Crippen MR) is 35.9 cm³/mol. The molecule has 0 rings (SSSR count). The van der Waals surface area contributed by atoms with Gasteiger partial charge in [0.05, 0.1) is 12.1 Å². The van der Waals surface area contributed by atoms with Crippen LogP contribution in [0.5, 0.6) is 0 Å². The van der Waals surface area contributed by atoms with E-state index in [4.69, 9.17) is 26.8 Å². The number of rotatable bonds is 4. The van der Waals surface area contributed by atoms with E-state index < -0.39 is 18.4 Å². The molecule has 3 unspecified atom stereocenters. The van der Waals surface area contributed by atoms with Gasteiger partial charge in [-0.3, -0.25) is 0 Å². The monoisotopic (exact) mass is 150 g/mol. The van der Waals surface area contributed by atoms with E-state index in [9.17, 15) is 0 Å². The standard InChI is InChI=1S/C5H14N2O3/c6-4(5(7)10)3(9)1-2-8/h3-5,8-10H,1-2,6-7H2. The fourth-order valence-electron chi connectivity index (χ4n) is 0.552. The number of hydrogen-bond donors (Lipinski definition) is 5. The lowest BCUT2D eigenvalue weighted by molar-refractivity contribution is 0.0444. The Morgan fingerprint density at radius 1 is 1.20 bits per heavy atom. The molecule has 0 aliphatic rings. The maximum atomic E-state index is 8.96. The average molecular weight is 150 g/mol. The fourth-order valence-corrected chi connectivity index (χ4v) is 0.552. The summed E-state index contributed by atoms with van der Waals surface area (Å²) in [5.74, 6) is 0. The van der Waals surface area contributed by atoms with Crippen molar-refractivity contribution in [3.8, 4) is 0 Å². The van der Waals surface area contributed by atoms with Crippen LogP contribution < -0.4 is 11.5 Å². The number of hydrogen-bond acceptors (Lipinski definition) is 5. The van der Waals surface area contributed by atoms with Gasteiger partial charge in [-0.25, -0.2) is 0 Å². The molecule has 5 nitrogen and oxygen atoms in total. The quantitative estimate of drug-likeness (QED) is 0.281. The van der Waals surface area contributed by atoms with Gasteiger partial charge in [0.1, 0.15) is 6.23 Å². The van der Waals surface area contributed by atoms with Crippen LogP contribution in [0.15, 0.2) is 0 Å². The molecule has 0 aromatic heterocycles. The van der Waals surface area contributed by atoms with Crippen LogP contribution in [-0.2, 0) is 0 Å². The van der Waals surface area contributed by atoms with Crippen LogP contribution in [0.3, 0.4) is 0 Å². The molecule has 0 aliphatic carbocycles. The number of nitrogens with two attached hydrogens (primary N) is 2. The number of aliphatic hydroxyl groups is 3. The molecule has 0 heterocycles. The van der Waals surface area contributed by atoms with Crippen molar-refractivity contribution >= 4 is 0 Å². The van der Waals surface area contributed by atoms with Crippen LogP contribution in [-0.4, -0.2) is 40.3 Å². The summed E-state index contributed by atoms with van der Waals surface area (Å²) in [6, 6.07) is -0.882. The van der Waals surface area contributed by atoms with E-state index >= 15 is 0 Å². The van der Waals surface area contributed by atoms with E-state index in [1.165, 1.54) is 0 Å². The third-order valence-electron chi connectivity index (χ3n) is 1.26. The van der Waals surface area contributed by atoms with Crippen LogP contribution in [0.2, 0.25) is 0 Å². The van der Waals surface area contributed by atoms with Crippen LogP contribution in [0.4, 0.5) is 0 Å². The second-order valence-electron chi connectivity index (χ2n) is 2.15. The first-order valence-corrected chi connectivity index (χ1v) is 3.07. The van der Waals surface area contributed by atoms with Gasteiger partial charge < -0.3 is 26.8 Å². The summed E-state index contributed by atoms with van der Waals surface area (Å²) in [6.45, 7) is -0.165. The van der Waals surface area contributed by atoms with Gasteiger partial charge in [-0.15, -0.1) is 0 Å². The van der Waals surface area contributed by atoms with Crippen molar-refractivity contribution < 1.29 is 15.3 Å². The SMILES string of the molecule is NC(O)C(N)C(O)CCO. The molecule has 0 saturated carbocycles. The van der Waals surface area contributed by atoms with E-state index in [-0.39, 0.29) is 13.0 Å². The Kier molecular flexibility index (Phi) is 4.50. The molecule has 3 atom stereocenters. The van der Waals surface area contributed by atoms with Gasteiger partial charge >= 0.3 is 0 Å². The highest BCUT2D eigenvalue weighted by molar-refractivity contribution is 4.75. The third-order valence-corrected chi connectivity index (χ3v) is 1.26. The highest BCUT2D eigenvalue weighted by Crippen LogP contribution is 1.96. The molecule has 62 valence electrons. The molecular weight excluding hydrogens is 136 g/mol. The average Bonchev–Trinajstić information content (AvgIpc) is 1.87. The summed E-state index contributed by atoms with van der Waals surface area (Å²) in [5.41, 5.74) is 10.2. The Hall–Kier alpha value is -0.200. The molecule has 10 heavy (non-hydrogen) atoms. The molecule has 0 aromatic rings. The Bertz CT molecular complexity index is 89.0. The molecule has 0 aliphatic heterocycles. The predicted octanol–water partition coefficient (Wildman–Crippen LogP) is -2.67. The van der Waals surface area contributed by atoms with Crippen molar-refractivity contribution in [1.29, 1.82) is 0 Å². The third kappa shape index (κ3) is 3.09. The molecule has 0 bridgehead atoms. The van der Waals surface area contributed by atoms with Crippen molar-refractivity contribution in [3.05, 3.63) is 0 Å². The molecule has 5 heteroatoms. The lowest BCUT2D eigenvalue weighted by Crippen LogP contribution is -2.49. The first-order valence-electron chi connectivity index (χ1n) is 3.07. The maximum absolute atomic E-state index is 8.96. The second-order valence-corrected chi connectivity index (χ2v) is 2.15. The van der Waals surface area contributed by atoms with E-state index in [0.717, 1.165) is 0 Å². The van der Waals surface area contributed by atoms with E-state index in [1.54, 1.807) is 0 Å². The highest BCUT2D eigenvalue weighted by atomic mass is 16.3. The topological polar surface area (TPSA) is 113 Å². The van der Waals surface area contributed by atoms with Crippen molar-refractivity contribution in [1.82, 2.24) is 0 Å². The molecular formula is C5H14N2O3. The van der Waals surface area contributed by atoms with E-state index in [0.29, 0.717) is 0 Å². The van der Waals surface area contributed by atoms with Gasteiger partial charge in [-0.05, 0) is 6.42 Å². The maximum Gasteiger partial charge on any atom is 0.120 e. The van der Waals surface area contributed by atoms with E-state index in [1.807, 2.05) is 0 Å². The molecule has 0 amide bonds. The Labute approximate surface area is 59.3 Å². The van der Waals surface area contributed by atoms with Crippen molar-refractivity contribution in [2.75, 3.05) is 6.61 Å². The van der Waals surface area contributed by atoms with Crippen LogP contribution in [0.1, 0.15) is 6.42 Å². The first kappa shape index (κ1) is 9.80. The van der Waals surface area contributed by atoms with Gasteiger partial charge in [-0.1, -0.05) is 0 Å². The Balaban J connectivity index is 3.58. The lowest BCUT2D eigenvalue weighted by Gasteiger charge is -2.19. The zero-order chi connectivity index (χ0) is 8.15. The van der Waals surface area contributed by atoms with Crippen LogP contribution in [0, 0.1) is 0 Å². The molecule has 0 spiro atoms. The van der Waals surface area contributed by atoms with Crippen LogP contribution in [0.25, 0.3) is 0 Å². The molecule has 0 saturated heterocycles. The van der Waals surface area contributed by atoms with Gasteiger partial charge in [0.25, 0.3) is 0 Å². The highest BCUT2D eigenvalue weighted by Gasteiger charge is 2.18. The summed E-state index contributed by atoms with van der Waals surface area (Å²) in [7, 11) is 0. The summed E-state index contributed by atoms with van der Waals surface area (Å²) in [5, 5.41) is 25.9. The van der Waals surface area contributed by atoms with Crippen LogP contribution >= 0.6 is 0 Å². The minimum Gasteiger partial charge on any atom is -0.396 e. The Morgan fingerprint density at radius 3 is 2.00 bits per heavy atom. The van der Waals surface area contributed by atoms with Crippen molar-refractivity contribution in [2.45, 2.75) is 24.8 Å². The van der Waals surface area contributed by atoms with Crippen molar-refractivity contribution in [2.24, 2.45) is 11.5 Å². The summed E-state index contributed by atoms with van der Waals surface area (Å²) >= 11 is 0. The lowest BCUT2D eigenvalue weighted by atomic mass is 10.1. The zero-order valence-electron chi connectivity index (χ0n) is 5.64. The molecule has 0 radical (unpaired) electrons. The van der Waals surface area contributed by atoms with Gasteiger partial charge in [0.2, 0.25) is 0 Å². The fraction of sp³-hybridized carbons (Fsp3) is 1.00. The van der Waals surface area contributed by atoms with Gasteiger partial charge in [-0.2, -0.15) is 0 Å². The smallest absolute Gasteiger partial charge is 0.120 e. The van der Waals surface area contributed by atoms with Gasteiger partial charge in [0, 0.05) is 6.61 Å². The Morgan fingerprint density at radius 2 is 1.70 bits per heavy atom. The van der Waals surface area contributed by atoms with E-state index in [2.05, 4.69) is 0 Å². The molecule has 7 N–H and O–H groups in total. The summed E-state index contributed by atoms with van der Waals surface area (Å²) < 4.78 is 0. The minimum atomic E-state index is -1.23. The zero-order valence-corrected chi connectivity index (χ0v) is 5.64.